The predicted molar refractivity (Wildman–Crippen MR) is 109 cm³/mol. The second-order valence-corrected chi connectivity index (χ2v) is 7.50. The van der Waals surface area contributed by atoms with Crippen molar-refractivity contribution in [1.29, 1.82) is 0 Å². The highest BCUT2D eigenvalue weighted by molar-refractivity contribution is 6.31. The van der Waals surface area contributed by atoms with Gasteiger partial charge in [-0.05, 0) is 50.1 Å². The summed E-state index contributed by atoms with van der Waals surface area (Å²) in [4.78, 5) is 39.0. The summed E-state index contributed by atoms with van der Waals surface area (Å²) >= 11 is 5.83. The Morgan fingerprint density at radius 3 is 2.55 bits per heavy atom. The number of hydrazine groups is 1. The maximum absolute atomic E-state index is 12.7. The molecule has 0 aromatic heterocycles. The van der Waals surface area contributed by atoms with E-state index < -0.39 is 11.8 Å². The van der Waals surface area contributed by atoms with Crippen molar-refractivity contribution >= 4 is 29.3 Å². The maximum Gasteiger partial charge on any atom is 0.273 e. The third-order valence-electron chi connectivity index (χ3n) is 4.88. The Bertz CT molecular complexity index is 930. The minimum atomic E-state index is -0.679. The summed E-state index contributed by atoms with van der Waals surface area (Å²) in [6, 6.07) is 11.4. The normalized spacial score (nSPS) is 16.2. The van der Waals surface area contributed by atoms with Crippen LogP contribution in [-0.4, -0.2) is 40.8 Å². The van der Waals surface area contributed by atoms with E-state index in [-0.39, 0.29) is 34.7 Å². The Morgan fingerprint density at radius 2 is 1.83 bits per heavy atom. The van der Waals surface area contributed by atoms with E-state index in [9.17, 15) is 19.5 Å². The Morgan fingerprint density at radius 1 is 1.10 bits per heavy atom. The first-order valence-electron chi connectivity index (χ1n) is 9.30. The van der Waals surface area contributed by atoms with Crippen LogP contribution in [0, 0.1) is 12.8 Å². The Labute approximate surface area is 173 Å². The lowest BCUT2D eigenvalue weighted by Crippen LogP contribution is -2.50. The number of aromatic hydroxyl groups is 1. The lowest BCUT2D eigenvalue weighted by atomic mass is 9.96. The van der Waals surface area contributed by atoms with Crippen LogP contribution in [0.4, 0.5) is 0 Å². The summed E-state index contributed by atoms with van der Waals surface area (Å²) < 4.78 is 0. The van der Waals surface area contributed by atoms with Crippen LogP contribution in [0.3, 0.4) is 0 Å². The van der Waals surface area contributed by atoms with Gasteiger partial charge in [-0.15, -0.1) is 0 Å². The maximum atomic E-state index is 12.7. The number of amides is 3. The van der Waals surface area contributed by atoms with E-state index in [0.717, 1.165) is 5.56 Å². The van der Waals surface area contributed by atoms with Gasteiger partial charge in [0.1, 0.15) is 5.75 Å². The van der Waals surface area contributed by atoms with Crippen LogP contribution in [0.2, 0.25) is 5.02 Å². The molecule has 0 radical (unpaired) electrons. The van der Waals surface area contributed by atoms with E-state index >= 15 is 0 Å². The molecule has 1 unspecified atom stereocenters. The van der Waals surface area contributed by atoms with Gasteiger partial charge in [-0.25, -0.2) is 0 Å². The van der Waals surface area contributed by atoms with E-state index in [1.54, 1.807) is 17.0 Å². The third kappa shape index (κ3) is 5.06. The van der Waals surface area contributed by atoms with Crippen LogP contribution in [0.5, 0.6) is 5.75 Å². The fourth-order valence-corrected chi connectivity index (χ4v) is 3.40. The van der Waals surface area contributed by atoms with Crippen molar-refractivity contribution in [1.82, 2.24) is 15.8 Å². The van der Waals surface area contributed by atoms with Crippen molar-refractivity contribution in [3.63, 3.8) is 0 Å². The van der Waals surface area contributed by atoms with Crippen LogP contribution in [0.25, 0.3) is 0 Å². The molecule has 1 aliphatic heterocycles. The van der Waals surface area contributed by atoms with Gasteiger partial charge in [0.15, 0.2) is 0 Å². The number of halogens is 1. The van der Waals surface area contributed by atoms with Gasteiger partial charge in [-0.3, -0.25) is 25.2 Å². The number of likely N-dealkylation sites (tertiary alicyclic amines) is 1. The number of benzene rings is 2. The smallest absolute Gasteiger partial charge is 0.273 e. The van der Waals surface area contributed by atoms with Crippen molar-refractivity contribution in [2.24, 2.45) is 5.92 Å². The highest BCUT2D eigenvalue weighted by atomic mass is 35.5. The summed E-state index contributed by atoms with van der Waals surface area (Å²) in [6.07, 6.45) is 1.31. The second-order valence-electron chi connectivity index (χ2n) is 7.06. The molecule has 2 aromatic carbocycles. The standard InChI is InChI=1S/C21H22ClN3O4/c1-13-4-6-14(7-5-13)21(29)25-10-2-3-15(12-25)19(27)23-24-20(28)17-11-16(22)8-9-18(17)26/h4-9,11,15,26H,2-3,10,12H2,1H3,(H,23,27)(H,24,28). The molecule has 0 aliphatic carbocycles. The van der Waals surface area contributed by atoms with Gasteiger partial charge >= 0.3 is 0 Å². The van der Waals surface area contributed by atoms with Crippen molar-refractivity contribution in [2.75, 3.05) is 13.1 Å². The number of hydrogen-bond donors (Lipinski definition) is 3. The number of hydrogen-bond acceptors (Lipinski definition) is 4. The summed E-state index contributed by atoms with van der Waals surface area (Å²) in [5.41, 5.74) is 6.27. The minimum Gasteiger partial charge on any atom is -0.507 e. The van der Waals surface area contributed by atoms with E-state index in [1.165, 1.54) is 18.2 Å². The van der Waals surface area contributed by atoms with Crippen LogP contribution < -0.4 is 10.9 Å². The number of phenols is 1. The average Bonchev–Trinajstić information content (AvgIpc) is 2.73. The summed E-state index contributed by atoms with van der Waals surface area (Å²) in [6.45, 7) is 2.81. The average molecular weight is 416 g/mol. The van der Waals surface area contributed by atoms with Crippen LogP contribution in [0.15, 0.2) is 42.5 Å². The zero-order valence-electron chi connectivity index (χ0n) is 15.9. The third-order valence-corrected chi connectivity index (χ3v) is 5.12. The molecule has 3 amide bonds. The van der Waals surface area contributed by atoms with Gasteiger partial charge in [0.25, 0.3) is 11.8 Å². The lowest BCUT2D eigenvalue weighted by molar-refractivity contribution is -0.127. The molecule has 2 aromatic rings. The topological polar surface area (TPSA) is 98.7 Å². The molecule has 3 rings (SSSR count). The predicted octanol–water partition coefficient (Wildman–Crippen LogP) is 2.67. The van der Waals surface area contributed by atoms with Crippen molar-refractivity contribution in [3.05, 3.63) is 64.2 Å². The molecule has 1 fully saturated rings. The summed E-state index contributed by atoms with van der Waals surface area (Å²) in [5.74, 6) is -1.86. The van der Waals surface area contributed by atoms with E-state index in [2.05, 4.69) is 10.9 Å². The van der Waals surface area contributed by atoms with Gasteiger partial charge in [-0.2, -0.15) is 0 Å². The zero-order valence-corrected chi connectivity index (χ0v) is 16.7. The highest BCUT2D eigenvalue weighted by Crippen LogP contribution is 2.21. The molecule has 0 bridgehead atoms. The number of nitrogens with one attached hydrogen (secondary N) is 2. The number of aryl methyl sites for hydroxylation is 1. The van der Waals surface area contributed by atoms with Gasteiger partial charge < -0.3 is 10.0 Å². The summed E-state index contributed by atoms with van der Waals surface area (Å²) in [7, 11) is 0. The van der Waals surface area contributed by atoms with Gasteiger partial charge in [0.2, 0.25) is 5.91 Å². The van der Waals surface area contributed by atoms with Crippen molar-refractivity contribution in [2.45, 2.75) is 19.8 Å². The first-order valence-corrected chi connectivity index (χ1v) is 9.67. The monoisotopic (exact) mass is 415 g/mol. The zero-order chi connectivity index (χ0) is 21.0. The molecule has 1 aliphatic rings. The number of rotatable bonds is 3. The molecule has 1 atom stereocenters. The molecule has 3 N–H and O–H groups in total. The van der Waals surface area contributed by atoms with Gasteiger partial charge in [-0.1, -0.05) is 29.3 Å². The molecule has 0 spiro atoms. The van der Waals surface area contributed by atoms with E-state index in [1.807, 2.05) is 19.1 Å². The summed E-state index contributed by atoms with van der Waals surface area (Å²) in [5, 5.41) is 10.1. The van der Waals surface area contributed by atoms with E-state index in [0.29, 0.717) is 24.9 Å². The molecule has 8 heteroatoms. The molecular formula is C21H22ClN3O4. The van der Waals surface area contributed by atoms with Crippen LogP contribution >= 0.6 is 11.6 Å². The number of nitrogens with zero attached hydrogens (tertiary/aromatic N) is 1. The lowest BCUT2D eigenvalue weighted by Gasteiger charge is -2.32. The van der Waals surface area contributed by atoms with Crippen molar-refractivity contribution < 1.29 is 19.5 Å². The molecule has 29 heavy (non-hydrogen) atoms. The van der Waals surface area contributed by atoms with Gasteiger partial charge in [0, 0.05) is 23.7 Å². The Kier molecular flexibility index (Phi) is 6.39. The Balaban J connectivity index is 1.58. The number of carbonyl (C=O) groups excluding carboxylic acids is 3. The van der Waals surface area contributed by atoms with Gasteiger partial charge in [0.05, 0.1) is 11.5 Å². The largest absolute Gasteiger partial charge is 0.507 e. The highest BCUT2D eigenvalue weighted by Gasteiger charge is 2.29. The van der Waals surface area contributed by atoms with Crippen LogP contribution in [0.1, 0.15) is 39.1 Å². The second kappa shape index (κ2) is 8.96. The van der Waals surface area contributed by atoms with Crippen LogP contribution in [-0.2, 0) is 4.79 Å². The molecule has 7 nitrogen and oxygen atoms in total. The molecule has 0 saturated carbocycles. The SMILES string of the molecule is Cc1ccc(C(=O)N2CCCC(C(=O)NNC(=O)c3cc(Cl)ccc3O)C2)cc1. The fourth-order valence-electron chi connectivity index (χ4n) is 3.23. The van der Waals surface area contributed by atoms with E-state index in [4.69, 9.17) is 11.6 Å². The van der Waals surface area contributed by atoms with Crippen molar-refractivity contribution in [3.8, 4) is 5.75 Å². The Hall–Kier alpha value is -3.06. The quantitative estimate of drug-likeness (QED) is 0.671. The number of phenolic OH excluding ortho intramolecular Hbond substituents is 1. The number of piperidine rings is 1. The molecule has 1 heterocycles. The molecule has 152 valence electrons. The number of carbonyl (C=O) groups is 3. The fraction of sp³-hybridized carbons (Fsp3) is 0.286. The first kappa shape index (κ1) is 20.7. The molecule has 1 saturated heterocycles. The first-order chi connectivity index (χ1) is 13.8. The molecular weight excluding hydrogens is 394 g/mol. The minimum absolute atomic E-state index is 0.0439.